The SMILES string of the molecule is Cc1cccc(-c2nc3c(C(=O)Nc4cccnc4)cccc3[nH]2)c1. The predicted molar refractivity (Wildman–Crippen MR) is 98.5 cm³/mol. The van der Waals surface area contributed by atoms with Gasteiger partial charge in [0.25, 0.3) is 5.91 Å². The molecule has 2 N–H and O–H groups in total. The number of para-hydroxylation sites is 1. The van der Waals surface area contributed by atoms with Gasteiger partial charge in [-0.2, -0.15) is 0 Å². The molecule has 25 heavy (non-hydrogen) atoms. The van der Waals surface area contributed by atoms with Crippen LogP contribution in [0.3, 0.4) is 0 Å². The minimum absolute atomic E-state index is 0.208. The van der Waals surface area contributed by atoms with E-state index in [0.29, 0.717) is 16.8 Å². The Morgan fingerprint density at radius 1 is 1.08 bits per heavy atom. The molecule has 0 bridgehead atoms. The van der Waals surface area contributed by atoms with Crippen molar-refractivity contribution in [3.63, 3.8) is 0 Å². The van der Waals surface area contributed by atoms with E-state index in [1.54, 1.807) is 30.6 Å². The molecule has 0 fully saturated rings. The highest BCUT2D eigenvalue weighted by Crippen LogP contribution is 2.24. The van der Waals surface area contributed by atoms with Crippen molar-refractivity contribution < 1.29 is 4.79 Å². The summed E-state index contributed by atoms with van der Waals surface area (Å²) in [7, 11) is 0. The lowest BCUT2D eigenvalue weighted by molar-refractivity contribution is 0.102. The van der Waals surface area contributed by atoms with Gasteiger partial charge >= 0.3 is 0 Å². The van der Waals surface area contributed by atoms with Gasteiger partial charge in [0.1, 0.15) is 11.3 Å². The Labute approximate surface area is 144 Å². The first kappa shape index (κ1) is 15.1. The van der Waals surface area contributed by atoms with E-state index in [0.717, 1.165) is 22.5 Å². The van der Waals surface area contributed by atoms with Crippen LogP contribution in [0.25, 0.3) is 22.4 Å². The van der Waals surface area contributed by atoms with Gasteiger partial charge in [-0.05, 0) is 37.3 Å². The van der Waals surface area contributed by atoms with Crippen molar-refractivity contribution in [1.29, 1.82) is 0 Å². The summed E-state index contributed by atoms with van der Waals surface area (Å²) < 4.78 is 0. The summed E-state index contributed by atoms with van der Waals surface area (Å²) in [6.07, 6.45) is 3.28. The Balaban J connectivity index is 1.74. The van der Waals surface area contributed by atoms with Crippen LogP contribution in [0.4, 0.5) is 5.69 Å². The number of rotatable bonds is 3. The number of amides is 1. The number of pyridine rings is 1. The van der Waals surface area contributed by atoms with E-state index in [1.165, 1.54) is 0 Å². The molecule has 5 nitrogen and oxygen atoms in total. The maximum absolute atomic E-state index is 12.6. The van der Waals surface area contributed by atoms with Gasteiger partial charge in [0.2, 0.25) is 0 Å². The van der Waals surface area contributed by atoms with Gasteiger partial charge in [-0.25, -0.2) is 4.98 Å². The molecule has 2 heterocycles. The first-order valence-corrected chi connectivity index (χ1v) is 7.98. The molecule has 0 saturated heterocycles. The molecule has 2 aromatic carbocycles. The lowest BCUT2D eigenvalue weighted by Crippen LogP contribution is -2.12. The highest BCUT2D eigenvalue weighted by atomic mass is 16.1. The fourth-order valence-electron chi connectivity index (χ4n) is 2.78. The second-order valence-corrected chi connectivity index (χ2v) is 5.85. The number of aromatic amines is 1. The van der Waals surface area contributed by atoms with Crippen molar-refractivity contribution in [1.82, 2.24) is 15.0 Å². The van der Waals surface area contributed by atoms with Crippen LogP contribution in [0.1, 0.15) is 15.9 Å². The van der Waals surface area contributed by atoms with Gasteiger partial charge in [-0.15, -0.1) is 0 Å². The third-order valence-electron chi connectivity index (χ3n) is 3.97. The highest BCUT2D eigenvalue weighted by molar-refractivity contribution is 6.11. The first-order valence-electron chi connectivity index (χ1n) is 7.98. The molecule has 2 aromatic heterocycles. The average Bonchev–Trinajstić information content (AvgIpc) is 3.07. The minimum Gasteiger partial charge on any atom is -0.338 e. The minimum atomic E-state index is -0.208. The number of hydrogen-bond acceptors (Lipinski definition) is 3. The third kappa shape index (κ3) is 2.99. The lowest BCUT2D eigenvalue weighted by atomic mass is 10.1. The van der Waals surface area contributed by atoms with Crippen molar-refractivity contribution in [3.8, 4) is 11.4 Å². The summed E-state index contributed by atoms with van der Waals surface area (Å²) in [5.41, 5.74) is 4.81. The van der Waals surface area contributed by atoms with E-state index in [2.05, 4.69) is 26.3 Å². The fourth-order valence-corrected chi connectivity index (χ4v) is 2.78. The summed E-state index contributed by atoms with van der Waals surface area (Å²) in [5, 5.41) is 2.85. The van der Waals surface area contributed by atoms with E-state index in [9.17, 15) is 4.79 Å². The van der Waals surface area contributed by atoms with Gasteiger partial charge < -0.3 is 10.3 Å². The van der Waals surface area contributed by atoms with Crippen LogP contribution in [-0.2, 0) is 0 Å². The largest absolute Gasteiger partial charge is 0.338 e. The number of anilines is 1. The standard InChI is InChI=1S/C20H16N4O/c1-13-5-2-6-14(11-13)19-23-17-9-3-8-16(18(17)24-19)20(25)22-15-7-4-10-21-12-15/h2-12H,1H3,(H,22,25)(H,23,24). The van der Waals surface area contributed by atoms with Gasteiger partial charge in [0.15, 0.2) is 0 Å². The molecular formula is C20H16N4O. The average molecular weight is 328 g/mol. The van der Waals surface area contributed by atoms with Crippen LogP contribution >= 0.6 is 0 Å². The maximum atomic E-state index is 12.6. The molecule has 0 aliphatic rings. The molecule has 0 saturated carbocycles. The molecule has 4 rings (SSSR count). The fraction of sp³-hybridized carbons (Fsp3) is 0.0500. The molecular weight excluding hydrogens is 312 g/mol. The summed E-state index contributed by atoms with van der Waals surface area (Å²) in [5.74, 6) is 0.543. The number of H-pyrrole nitrogens is 1. The van der Waals surface area contributed by atoms with E-state index >= 15 is 0 Å². The Hall–Kier alpha value is -3.47. The van der Waals surface area contributed by atoms with E-state index < -0.39 is 0 Å². The number of aryl methyl sites for hydroxylation is 1. The van der Waals surface area contributed by atoms with Crippen LogP contribution in [0.2, 0.25) is 0 Å². The van der Waals surface area contributed by atoms with Crippen LogP contribution in [0.15, 0.2) is 67.0 Å². The number of imidazole rings is 1. The van der Waals surface area contributed by atoms with Crippen molar-refractivity contribution in [2.24, 2.45) is 0 Å². The maximum Gasteiger partial charge on any atom is 0.257 e. The number of nitrogens with zero attached hydrogens (tertiary/aromatic N) is 2. The Morgan fingerprint density at radius 2 is 1.96 bits per heavy atom. The zero-order valence-electron chi connectivity index (χ0n) is 13.7. The van der Waals surface area contributed by atoms with Crippen LogP contribution < -0.4 is 5.32 Å². The molecule has 0 unspecified atom stereocenters. The number of benzene rings is 2. The summed E-state index contributed by atoms with van der Waals surface area (Å²) in [6.45, 7) is 2.04. The number of nitrogens with one attached hydrogen (secondary N) is 2. The topological polar surface area (TPSA) is 70.7 Å². The number of carbonyl (C=O) groups is 1. The van der Waals surface area contributed by atoms with Crippen LogP contribution in [0, 0.1) is 6.92 Å². The Kier molecular flexibility index (Phi) is 3.74. The Morgan fingerprint density at radius 3 is 2.76 bits per heavy atom. The monoisotopic (exact) mass is 328 g/mol. The number of aromatic nitrogens is 3. The zero-order chi connectivity index (χ0) is 17.2. The molecule has 5 heteroatoms. The first-order chi connectivity index (χ1) is 12.2. The van der Waals surface area contributed by atoms with Gasteiger partial charge in [-0.3, -0.25) is 9.78 Å². The molecule has 0 radical (unpaired) electrons. The molecule has 4 aromatic rings. The third-order valence-corrected chi connectivity index (χ3v) is 3.97. The second kappa shape index (κ2) is 6.20. The smallest absolute Gasteiger partial charge is 0.257 e. The number of fused-ring (bicyclic) bond motifs is 1. The number of hydrogen-bond donors (Lipinski definition) is 2. The summed E-state index contributed by atoms with van der Waals surface area (Å²) in [6, 6.07) is 17.2. The molecule has 0 atom stereocenters. The number of carbonyl (C=O) groups excluding carboxylic acids is 1. The van der Waals surface area contributed by atoms with Crippen molar-refractivity contribution in [2.45, 2.75) is 6.92 Å². The van der Waals surface area contributed by atoms with E-state index in [1.807, 2.05) is 37.3 Å². The molecule has 1 amide bonds. The van der Waals surface area contributed by atoms with Crippen LogP contribution in [-0.4, -0.2) is 20.9 Å². The van der Waals surface area contributed by atoms with E-state index in [4.69, 9.17) is 0 Å². The normalized spacial score (nSPS) is 10.8. The molecule has 122 valence electrons. The summed E-state index contributed by atoms with van der Waals surface area (Å²) in [4.78, 5) is 24.6. The quantitative estimate of drug-likeness (QED) is 0.592. The predicted octanol–water partition coefficient (Wildman–Crippen LogP) is 4.19. The zero-order valence-corrected chi connectivity index (χ0v) is 13.7. The van der Waals surface area contributed by atoms with Gasteiger partial charge in [0, 0.05) is 11.8 Å². The van der Waals surface area contributed by atoms with Crippen molar-refractivity contribution in [2.75, 3.05) is 5.32 Å². The molecule has 0 spiro atoms. The lowest BCUT2D eigenvalue weighted by Gasteiger charge is -2.04. The highest BCUT2D eigenvalue weighted by Gasteiger charge is 2.14. The molecule has 0 aliphatic carbocycles. The summed E-state index contributed by atoms with van der Waals surface area (Å²) >= 11 is 0. The second-order valence-electron chi connectivity index (χ2n) is 5.85. The van der Waals surface area contributed by atoms with E-state index in [-0.39, 0.29) is 5.91 Å². The van der Waals surface area contributed by atoms with Gasteiger partial charge in [0.05, 0.1) is 23.0 Å². The van der Waals surface area contributed by atoms with Crippen LogP contribution in [0.5, 0.6) is 0 Å². The molecule has 0 aliphatic heterocycles. The Bertz CT molecular complexity index is 1050. The van der Waals surface area contributed by atoms with Crippen molar-refractivity contribution in [3.05, 3.63) is 78.1 Å². The van der Waals surface area contributed by atoms with Gasteiger partial charge in [-0.1, -0.05) is 29.8 Å². The van der Waals surface area contributed by atoms with Crippen molar-refractivity contribution >= 4 is 22.6 Å².